The van der Waals surface area contributed by atoms with Gasteiger partial charge in [-0.2, -0.15) is 0 Å². The number of fused-ring (bicyclic) bond motifs is 2. The Morgan fingerprint density at radius 1 is 0.700 bits per heavy atom. The number of oxime groups is 1. The zero-order chi connectivity index (χ0) is 44.0. The van der Waals surface area contributed by atoms with Gasteiger partial charge in [-0.25, -0.2) is 14.7 Å². The van der Waals surface area contributed by atoms with E-state index in [0.717, 1.165) is 67.3 Å². The van der Waals surface area contributed by atoms with Gasteiger partial charge in [-0.05, 0) is 116 Å². The molecule has 14 heteroatoms. The van der Waals surface area contributed by atoms with E-state index in [1.807, 2.05) is 55.4 Å². The molecule has 2 aromatic heterocycles. The van der Waals surface area contributed by atoms with Gasteiger partial charge in [0.1, 0.15) is 30.6 Å². The van der Waals surface area contributed by atoms with Gasteiger partial charge in [0, 0.05) is 36.8 Å². The maximum absolute atomic E-state index is 13.6. The molecular weight excluding hydrogens is 794 g/mol. The van der Waals surface area contributed by atoms with Crippen LogP contribution < -0.4 is 5.90 Å². The molecule has 2 aromatic carbocycles. The van der Waals surface area contributed by atoms with Crippen molar-refractivity contribution in [3.8, 4) is 22.3 Å². The highest BCUT2D eigenvalue weighted by atomic mass is 35.5. The first-order valence-electron chi connectivity index (χ1n) is 19.7. The Kier molecular flexibility index (Phi) is 16.8. The average molecular weight is 851 g/mol. The van der Waals surface area contributed by atoms with Crippen molar-refractivity contribution in [3.05, 3.63) is 105 Å². The monoisotopic (exact) mass is 850 g/mol. The van der Waals surface area contributed by atoms with Gasteiger partial charge >= 0.3 is 11.9 Å². The van der Waals surface area contributed by atoms with E-state index in [9.17, 15) is 28.4 Å². The summed E-state index contributed by atoms with van der Waals surface area (Å²) in [6.07, 6.45) is 2.25. The van der Waals surface area contributed by atoms with Gasteiger partial charge in [-0.15, -0.1) is 12.4 Å². The lowest BCUT2D eigenvalue weighted by molar-refractivity contribution is -0.143. The molecule has 60 heavy (non-hydrogen) atoms. The molecule has 11 nitrogen and oxygen atoms in total. The van der Waals surface area contributed by atoms with E-state index in [1.54, 1.807) is 24.3 Å². The van der Waals surface area contributed by atoms with E-state index in [2.05, 4.69) is 11.1 Å². The van der Waals surface area contributed by atoms with E-state index in [1.165, 1.54) is 38.1 Å². The molecule has 0 amide bonds. The molecule has 0 bridgehead atoms. The van der Waals surface area contributed by atoms with Crippen molar-refractivity contribution in [2.75, 3.05) is 0 Å². The normalized spacial score (nSPS) is 15.4. The molecule has 0 saturated heterocycles. The molecule has 0 saturated carbocycles. The molecule has 6 rings (SSSR count). The number of ketones is 1. The number of esters is 2. The number of Topliss-reactive ketones (excluding diaryl/α,β-unsaturated/α-hetero) is 1. The third-order valence-electron chi connectivity index (χ3n) is 11.0. The van der Waals surface area contributed by atoms with Crippen LogP contribution in [0, 0.1) is 11.6 Å². The minimum absolute atomic E-state index is 0. The van der Waals surface area contributed by atoms with Gasteiger partial charge in [0.2, 0.25) is 0 Å². The summed E-state index contributed by atoms with van der Waals surface area (Å²) in [6, 6.07) is 12.7. The summed E-state index contributed by atoms with van der Waals surface area (Å²) < 4.78 is 37.9. The van der Waals surface area contributed by atoms with Crippen molar-refractivity contribution >= 4 is 35.8 Å². The molecule has 4 N–H and O–H groups in total. The highest BCUT2D eigenvalue weighted by Gasteiger charge is 2.40. The van der Waals surface area contributed by atoms with Crippen LogP contribution in [0.1, 0.15) is 139 Å². The molecule has 0 spiro atoms. The van der Waals surface area contributed by atoms with Crippen molar-refractivity contribution in [3.63, 3.8) is 0 Å². The first-order valence-corrected chi connectivity index (χ1v) is 19.7. The Hall–Kier alpha value is -5.11. The largest absolute Gasteiger partial charge is 0.461 e. The maximum Gasteiger partial charge on any atom is 0.302 e. The standard InChI is InChI=1S/C23H27FN2O3.C23H26FNO3.ClH.H3NO/c1-13(2)21-18(12-29-14(3)27)20(15-6-8-16(24)9-7-15)17-10-11-19(26-28)23(4,5)22(17)25-21;1-13(2)21-18(12-28-14(3)26)20(15-6-8-16(24)9-7-15)17-10-11-19(27)23(4,5)22(17)25-21;;1-2/h6-9,13,28H,10-12H2,1-5H3;6-9,13H,10-12H2,1-5H3;1H;2H,1H2. The third kappa shape index (κ3) is 10.4. The molecule has 0 radical (unpaired) electrons. The number of nitrogens with zero attached hydrogens (tertiary/aromatic N) is 3. The molecular formula is C46H57ClF2N4O7. The lowest BCUT2D eigenvalue weighted by Crippen LogP contribution is -2.37. The highest BCUT2D eigenvalue weighted by Crippen LogP contribution is 2.44. The van der Waals surface area contributed by atoms with Crippen LogP contribution in [0.25, 0.3) is 22.3 Å². The van der Waals surface area contributed by atoms with E-state index in [0.29, 0.717) is 31.4 Å². The van der Waals surface area contributed by atoms with Crippen LogP contribution in [-0.2, 0) is 60.7 Å². The number of benzene rings is 2. The topological polar surface area (TPSA) is 174 Å². The molecule has 2 aliphatic carbocycles. The first-order chi connectivity index (χ1) is 27.8. The smallest absolute Gasteiger partial charge is 0.302 e. The lowest BCUT2D eigenvalue weighted by atomic mass is 9.71. The van der Waals surface area contributed by atoms with Crippen LogP contribution in [0.4, 0.5) is 8.78 Å². The SMILES string of the molecule is CC(=O)OCc1c(C(C)C)nc2c(c1-c1ccc(F)cc1)CCC(=NO)C2(C)C.CC(=O)OCc1c(C(C)C)nc2c(c1-c1ccc(F)cc1)CCC(=O)C2(C)C.Cl.NO. The number of halogens is 3. The summed E-state index contributed by atoms with van der Waals surface area (Å²) in [4.78, 5) is 45.5. The Balaban J connectivity index is 0.000000303. The summed E-state index contributed by atoms with van der Waals surface area (Å²) in [7, 11) is 0. The van der Waals surface area contributed by atoms with Crippen molar-refractivity contribution in [2.45, 2.75) is 131 Å². The van der Waals surface area contributed by atoms with Crippen LogP contribution in [0.3, 0.4) is 0 Å². The van der Waals surface area contributed by atoms with Crippen molar-refractivity contribution in [2.24, 2.45) is 11.1 Å². The second kappa shape index (κ2) is 20.4. The number of aromatic nitrogens is 2. The number of rotatable bonds is 8. The molecule has 2 heterocycles. The van der Waals surface area contributed by atoms with Crippen LogP contribution >= 0.6 is 12.4 Å². The van der Waals surface area contributed by atoms with Crippen LogP contribution in [0.2, 0.25) is 0 Å². The molecule has 0 unspecified atom stereocenters. The van der Waals surface area contributed by atoms with Gasteiger partial charge < -0.3 is 19.9 Å². The van der Waals surface area contributed by atoms with Gasteiger partial charge in [0.15, 0.2) is 0 Å². The van der Waals surface area contributed by atoms with E-state index < -0.39 is 10.8 Å². The summed E-state index contributed by atoms with van der Waals surface area (Å²) in [6.45, 7) is 18.9. The number of nitrogens with two attached hydrogens (primary N) is 1. The van der Waals surface area contributed by atoms with Gasteiger partial charge in [0.25, 0.3) is 0 Å². The van der Waals surface area contributed by atoms with Crippen LogP contribution in [0.15, 0.2) is 53.7 Å². The van der Waals surface area contributed by atoms with Crippen molar-refractivity contribution < 1.29 is 43.1 Å². The quantitative estimate of drug-likeness (QED) is 0.0880. The Labute approximate surface area is 357 Å². The van der Waals surface area contributed by atoms with Crippen LogP contribution in [-0.4, -0.2) is 43.8 Å². The Morgan fingerprint density at radius 2 is 1.07 bits per heavy atom. The second-order valence-electron chi connectivity index (χ2n) is 16.5. The predicted molar refractivity (Wildman–Crippen MR) is 229 cm³/mol. The predicted octanol–water partition coefficient (Wildman–Crippen LogP) is 9.75. The number of carbonyl (C=O) groups is 3. The minimum Gasteiger partial charge on any atom is -0.461 e. The second-order valence-corrected chi connectivity index (χ2v) is 16.5. The number of pyridine rings is 2. The highest BCUT2D eigenvalue weighted by molar-refractivity contribution is 5.96. The molecule has 0 fully saturated rings. The average Bonchev–Trinajstić information content (AvgIpc) is 3.18. The Bertz CT molecular complexity index is 2220. The number of ether oxygens (including phenoxy) is 2. The van der Waals surface area contributed by atoms with Crippen LogP contribution in [0.5, 0.6) is 0 Å². The summed E-state index contributed by atoms with van der Waals surface area (Å²) in [5.41, 5.74) is 9.97. The summed E-state index contributed by atoms with van der Waals surface area (Å²) in [5, 5.41) is 19.5. The van der Waals surface area contributed by atoms with E-state index in [4.69, 9.17) is 24.6 Å². The van der Waals surface area contributed by atoms with Crippen molar-refractivity contribution in [1.29, 1.82) is 0 Å². The fraction of sp³-hybridized carbons (Fsp3) is 0.435. The number of hydrogen-bond donors (Lipinski definition) is 3. The summed E-state index contributed by atoms with van der Waals surface area (Å²) >= 11 is 0. The molecule has 4 aromatic rings. The maximum atomic E-state index is 13.6. The lowest BCUT2D eigenvalue weighted by Gasteiger charge is -2.35. The first kappa shape index (κ1) is 49.3. The van der Waals surface area contributed by atoms with Crippen molar-refractivity contribution in [1.82, 2.24) is 9.97 Å². The minimum atomic E-state index is -0.689. The zero-order valence-corrected chi connectivity index (χ0v) is 36.9. The fourth-order valence-electron chi connectivity index (χ4n) is 7.96. The fourth-order valence-corrected chi connectivity index (χ4v) is 7.96. The summed E-state index contributed by atoms with van der Waals surface area (Å²) in [5.74, 6) is 2.47. The molecule has 0 aliphatic heterocycles. The van der Waals surface area contributed by atoms with Gasteiger partial charge in [-0.1, -0.05) is 57.1 Å². The Morgan fingerprint density at radius 3 is 1.42 bits per heavy atom. The third-order valence-corrected chi connectivity index (χ3v) is 11.0. The molecule has 2 aliphatic rings. The molecule has 0 atom stereocenters. The molecule has 324 valence electrons. The number of carbonyl (C=O) groups excluding carboxylic acids is 3. The van der Waals surface area contributed by atoms with Gasteiger partial charge in [0.05, 0.1) is 33.9 Å². The van der Waals surface area contributed by atoms with E-state index in [-0.39, 0.29) is 66.8 Å². The van der Waals surface area contributed by atoms with E-state index >= 15 is 0 Å². The number of hydrogen-bond acceptors (Lipinski definition) is 11. The van der Waals surface area contributed by atoms with Gasteiger partial charge in [-0.3, -0.25) is 24.4 Å². The zero-order valence-electron chi connectivity index (χ0n) is 36.0.